The van der Waals surface area contributed by atoms with E-state index in [0.29, 0.717) is 21.5 Å². The van der Waals surface area contributed by atoms with Crippen molar-refractivity contribution >= 4 is 21.6 Å². The summed E-state index contributed by atoms with van der Waals surface area (Å²) < 4.78 is 11.6. The first-order valence-electron chi connectivity index (χ1n) is 6.38. The Balaban J connectivity index is 2.15. The van der Waals surface area contributed by atoms with E-state index in [1.807, 2.05) is 0 Å². The molecular formula is C15H14BrNO5. The Hall–Kier alpha value is -2.12. The number of non-ortho nitro benzene ring substituents is 1. The molecule has 0 spiro atoms. The zero-order valence-electron chi connectivity index (χ0n) is 11.8. The lowest BCUT2D eigenvalue weighted by atomic mass is 10.2. The molecule has 0 aliphatic rings. The van der Waals surface area contributed by atoms with Crippen molar-refractivity contribution < 1.29 is 19.5 Å². The van der Waals surface area contributed by atoms with Gasteiger partial charge in [0.2, 0.25) is 0 Å². The average molecular weight is 368 g/mol. The Labute approximate surface area is 135 Å². The van der Waals surface area contributed by atoms with Crippen LogP contribution in [0, 0.1) is 10.1 Å². The van der Waals surface area contributed by atoms with Gasteiger partial charge in [0.05, 0.1) is 23.1 Å². The molecule has 0 amide bonds. The number of aliphatic hydroxyl groups is 1. The van der Waals surface area contributed by atoms with Gasteiger partial charge in [0.25, 0.3) is 5.69 Å². The third-order valence-electron chi connectivity index (χ3n) is 3.00. The fourth-order valence-electron chi connectivity index (χ4n) is 1.87. The van der Waals surface area contributed by atoms with Crippen LogP contribution in [0.5, 0.6) is 11.5 Å². The summed E-state index contributed by atoms with van der Waals surface area (Å²) in [6.07, 6.45) is 0. The Kier molecular flexibility index (Phi) is 5.35. The quantitative estimate of drug-likeness (QED) is 0.624. The molecule has 0 saturated carbocycles. The first kappa shape index (κ1) is 16.3. The number of methoxy groups -OCH3 is 1. The molecule has 0 saturated heterocycles. The molecule has 1 N–H and O–H groups in total. The van der Waals surface area contributed by atoms with Gasteiger partial charge in [-0.3, -0.25) is 10.1 Å². The third kappa shape index (κ3) is 3.75. The van der Waals surface area contributed by atoms with Gasteiger partial charge in [0.15, 0.2) is 11.5 Å². The second kappa shape index (κ2) is 7.24. The second-order valence-corrected chi connectivity index (χ2v) is 5.33. The molecule has 2 rings (SSSR count). The predicted octanol–water partition coefficient (Wildman–Crippen LogP) is 3.44. The number of nitro groups is 1. The second-order valence-electron chi connectivity index (χ2n) is 4.48. The summed E-state index contributed by atoms with van der Waals surface area (Å²) in [7, 11) is 1.52. The Bertz CT molecular complexity index is 672. The third-order valence-corrected chi connectivity index (χ3v) is 3.59. The first-order chi connectivity index (χ1) is 10.5. The van der Waals surface area contributed by atoms with Crippen LogP contribution in [0.3, 0.4) is 0 Å². The lowest BCUT2D eigenvalue weighted by Gasteiger charge is -2.14. The van der Waals surface area contributed by atoms with Crippen molar-refractivity contribution in [1.29, 1.82) is 0 Å². The van der Waals surface area contributed by atoms with Crippen molar-refractivity contribution in [3.63, 3.8) is 0 Å². The van der Waals surface area contributed by atoms with E-state index in [1.165, 1.54) is 19.2 Å². The minimum atomic E-state index is -0.447. The summed E-state index contributed by atoms with van der Waals surface area (Å²) in [4.78, 5) is 10.2. The average Bonchev–Trinajstić information content (AvgIpc) is 2.53. The maximum absolute atomic E-state index is 10.6. The zero-order valence-corrected chi connectivity index (χ0v) is 13.4. The largest absolute Gasteiger partial charge is 0.493 e. The summed E-state index contributed by atoms with van der Waals surface area (Å²) >= 11 is 3.38. The number of halogens is 1. The van der Waals surface area contributed by atoms with Gasteiger partial charge in [-0.2, -0.15) is 0 Å². The van der Waals surface area contributed by atoms with Gasteiger partial charge in [-0.15, -0.1) is 0 Å². The van der Waals surface area contributed by atoms with Crippen molar-refractivity contribution in [1.82, 2.24) is 0 Å². The van der Waals surface area contributed by atoms with Crippen LogP contribution in [-0.4, -0.2) is 17.1 Å². The lowest BCUT2D eigenvalue weighted by Crippen LogP contribution is -2.00. The van der Waals surface area contributed by atoms with Crippen LogP contribution in [0.25, 0.3) is 0 Å². The van der Waals surface area contributed by atoms with Gasteiger partial charge in [-0.25, -0.2) is 0 Å². The molecule has 6 nitrogen and oxygen atoms in total. The highest BCUT2D eigenvalue weighted by molar-refractivity contribution is 9.10. The van der Waals surface area contributed by atoms with Crippen LogP contribution < -0.4 is 9.47 Å². The van der Waals surface area contributed by atoms with Gasteiger partial charge in [-0.05, 0) is 51.3 Å². The molecule has 0 fully saturated rings. The smallest absolute Gasteiger partial charge is 0.269 e. The molecule has 2 aromatic carbocycles. The molecule has 22 heavy (non-hydrogen) atoms. The molecule has 0 atom stereocenters. The molecule has 0 unspecified atom stereocenters. The molecule has 7 heteroatoms. The van der Waals surface area contributed by atoms with E-state index in [4.69, 9.17) is 9.47 Å². The number of nitro benzene ring substituents is 1. The van der Waals surface area contributed by atoms with Crippen LogP contribution in [0.1, 0.15) is 11.1 Å². The normalized spacial score (nSPS) is 10.3. The van der Waals surface area contributed by atoms with Crippen molar-refractivity contribution in [2.75, 3.05) is 7.11 Å². The van der Waals surface area contributed by atoms with Gasteiger partial charge < -0.3 is 14.6 Å². The molecule has 0 bridgehead atoms. The number of ether oxygens (including phenoxy) is 2. The SMILES string of the molecule is COc1cc(CO)cc(Br)c1OCc1ccc([N+](=O)[O-])cc1. The van der Waals surface area contributed by atoms with E-state index >= 15 is 0 Å². The highest BCUT2D eigenvalue weighted by atomic mass is 79.9. The van der Waals surface area contributed by atoms with E-state index in [2.05, 4.69) is 15.9 Å². The van der Waals surface area contributed by atoms with Gasteiger partial charge in [0, 0.05) is 12.1 Å². The number of hydrogen-bond acceptors (Lipinski definition) is 5. The van der Waals surface area contributed by atoms with Gasteiger partial charge in [0.1, 0.15) is 6.61 Å². The summed E-state index contributed by atoms with van der Waals surface area (Å²) in [5, 5.41) is 19.8. The lowest BCUT2D eigenvalue weighted by molar-refractivity contribution is -0.384. The fraction of sp³-hybridized carbons (Fsp3) is 0.200. The van der Waals surface area contributed by atoms with E-state index in [9.17, 15) is 15.2 Å². The Morgan fingerprint density at radius 2 is 1.91 bits per heavy atom. The molecule has 0 aliphatic heterocycles. The van der Waals surface area contributed by atoms with E-state index < -0.39 is 4.92 Å². The first-order valence-corrected chi connectivity index (χ1v) is 7.18. The van der Waals surface area contributed by atoms with Crippen molar-refractivity contribution in [3.8, 4) is 11.5 Å². The highest BCUT2D eigenvalue weighted by Gasteiger charge is 2.12. The van der Waals surface area contributed by atoms with Crippen molar-refractivity contribution in [3.05, 3.63) is 62.1 Å². The number of rotatable bonds is 6. The molecule has 116 valence electrons. The van der Waals surface area contributed by atoms with E-state index in [1.54, 1.807) is 24.3 Å². The maximum Gasteiger partial charge on any atom is 0.269 e. The predicted molar refractivity (Wildman–Crippen MR) is 84.0 cm³/mol. The monoisotopic (exact) mass is 367 g/mol. The molecule has 2 aromatic rings. The standard InChI is InChI=1S/C15H14BrNO5/c1-21-14-7-11(8-18)6-13(16)15(14)22-9-10-2-4-12(5-3-10)17(19)20/h2-7,18H,8-9H2,1H3. The zero-order chi connectivity index (χ0) is 16.1. The van der Waals surface area contributed by atoms with Crippen molar-refractivity contribution in [2.24, 2.45) is 0 Å². The molecule has 0 radical (unpaired) electrons. The number of hydrogen-bond donors (Lipinski definition) is 1. The Morgan fingerprint density at radius 1 is 1.23 bits per heavy atom. The Morgan fingerprint density at radius 3 is 2.45 bits per heavy atom. The van der Waals surface area contributed by atoms with Crippen LogP contribution >= 0.6 is 15.9 Å². The summed E-state index contributed by atoms with van der Waals surface area (Å²) in [5.74, 6) is 1.01. The minimum Gasteiger partial charge on any atom is -0.493 e. The summed E-state index contributed by atoms with van der Waals surface area (Å²) in [6, 6.07) is 9.57. The highest BCUT2D eigenvalue weighted by Crippen LogP contribution is 2.37. The summed E-state index contributed by atoms with van der Waals surface area (Å²) in [6.45, 7) is 0.142. The molecule has 0 aromatic heterocycles. The number of aliphatic hydroxyl groups excluding tert-OH is 1. The van der Waals surface area contributed by atoms with Gasteiger partial charge >= 0.3 is 0 Å². The van der Waals surface area contributed by atoms with Crippen LogP contribution in [0.2, 0.25) is 0 Å². The summed E-state index contributed by atoms with van der Waals surface area (Å²) in [5.41, 5.74) is 1.53. The minimum absolute atomic E-state index is 0.0369. The number of benzene rings is 2. The van der Waals surface area contributed by atoms with Crippen molar-refractivity contribution in [2.45, 2.75) is 13.2 Å². The van der Waals surface area contributed by atoms with Crippen LogP contribution in [0.4, 0.5) is 5.69 Å². The van der Waals surface area contributed by atoms with Crippen LogP contribution in [0.15, 0.2) is 40.9 Å². The van der Waals surface area contributed by atoms with Crippen LogP contribution in [-0.2, 0) is 13.2 Å². The van der Waals surface area contributed by atoms with Gasteiger partial charge in [-0.1, -0.05) is 0 Å². The van der Waals surface area contributed by atoms with E-state index in [0.717, 1.165) is 5.56 Å². The topological polar surface area (TPSA) is 81.8 Å². The van der Waals surface area contributed by atoms with E-state index in [-0.39, 0.29) is 18.9 Å². The molecule has 0 aliphatic carbocycles. The maximum atomic E-state index is 10.6. The fourth-order valence-corrected chi connectivity index (χ4v) is 2.48. The molecular weight excluding hydrogens is 354 g/mol. The number of nitrogens with zero attached hydrogens (tertiary/aromatic N) is 1. The molecule has 0 heterocycles.